The Morgan fingerprint density at radius 2 is 1.84 bits per heavy atom. The SMILES string of the molecule is COc1nc(C)cnc1NS(=O)(=O)c1cccnc1-c1ccc(CC(C)(C)C(=O)O)cc1. The van der Waals surface area contributed by atoms with E-state index in [4.69, 9.17) is 4.74 Å². The van der Waals surface area contributed by atoms with Crippen molar-refractivity contribution in [3.63, 3.8) is 0 Å². The molecule has 0 unspecified atom stereocenters. The molecule has 9 nitrogen and oxygen atoms in total. The van der Waals surface area contributed by atoms with Gasteiger partial charge in [-0.1, -0.05) is 24.3 Å². The zero-order valence-electron chi connectivity index (χ0n) is 18.2. The number of methoxy groups -OCH3 is 1. The maximum atomic E-state index is 13.1. The largest absolute Gasteiger partial charge is 0.481 e. The summed E-state index contributed by atoms with van der Waals surface area (Å²) in [5.41, 5.74) is 1.31. The number of carboxylic acid groups (broad SMARTS) is 1. The summed E-state index contributed by atoms with van der Waals surface area (Å²) in [7, 11) is -2.68. The number of hydrogen-bond acceptors (Lipinski definition) is 7. The van der Waals surface area contributed by atoms with E-state index < -0.39 is 21.4 Å². The molecule has 2 aromatic heterocycles. The predicted molar refractivity (Wildman–Crippen MR) is 119 cm³/mol. The number of carbonyl (C=O) groups is 1. The van der Waals surface area contributed by atoms with Gasteiger partial charge in [-0.15, -0.1) is 0 Å². The number of benzene rings is 1. The van der Waals surface area contributed by atoms with Crippen molar-refractivity contribution in [1.29, 1.82) is 0 Å². The summed E-state index contributed by atoms with van der Waals surface area (Å²) < 4.78 is 33.8. The fourth-order valence-electron chi connectivity index (χ4n) is 3.04. The molecule has 168 valence electrons. The van der Waals surface area contributed by atoms with Gasteiger partial charge in [-0.25, -0.2) is 18.4 Å². The van der Waals surface area contributed by atoms with Gasteiger partial charge in [-0.05, 0) is 44.9 Å². The average molecular weight is 457 g/mol. The van der Waals surface area contributed by atoms with Crippen LogP contribution in [0.3, 0.4) is 0 Å². The molecule has 2 N–H and O–H groups in total. The first-order valence-electron chi connectivity index (χ1n) is 9.72. The lowest BCUT2D eigenvalue weighted by Crippen LogP contribution is -2.26. The van der Waals surface area contributed by atoms with E-state index in [1.165, 1.54) is 31.6 Å². The smallest absolute Gasteiger partial charge is 0.309 e. The number of pyridine rings is 1. The molecule has 0 bridgehead atoms. The molecule has 32 heavy (non-hydrogen) atoms. The Bertz CT molecular complexity index is 1240. The first-order chi connectivity index (χ1) is 15.0. The molecule has 0 atom stereocenters. The second-order valence-electron chi connectivity index (χ2n) is 7.89. The third-order valence-electron chi connectivity index (χ3n) is 4.80. The zero-order valence-corrected chi connectivity index (χ0v) is 19.0. The predicted octanol–water partition coefficient (Wildman–Crippen LogP) is 3.31. The van der Waals surface area contributed by atoms with Crippen molar-refractivity contribution in [3.05, 3.63) is 60.0 Å². The van der Waals surface area contributed by atoms with Crippen LogP contribution in [0.2, 0.25) is 0 Å². The van der Waals surface area contributed by atoms with Crippen LogP contribution in [0.5, 0.6) is 5.88 Å². The quantitative estimate of drug-likeness (QED) is 0.528. The molecule has 0 amide bonds. The maximum Gasteiger partial charge on any atom is 0.309 e. The summed E-state index contributed by atoms with van der Waals surface area (Å²) in [5.74, 6) is -0.857. The van der Waals surface area contributed by atoms with E-state index in [1.54, 1.807) is 45.0 Å². The van der Waals surface area contributed by atoms with Crippen molar-refractivity contribution in [2.75, 3.05) is 11.8 Å². The standard InChI is InChI=1S/C22H24N4O5S/c1-14-13-24-19(20(25-14)31-4)26-32(29,30)17-6-5-11-23-18(17)16-9-7-15(8-10-16)12-22(2,3)21(27)28/h5-11,13H,12H2,1-4H3,(H,24,26)(H,27,28). The Balaban J connectivity index is 1.94. The van der Waals surface area contributed by atoms with Crippen molar-refractivity contribution in [3.8, 4) is 17.1 Å². The number of sulfonamides is 1. The number of aryl methyl sites for hydroxylation is 1. The van der Waals surface area contributed by atoms with Crippen LogP contribution < -0.4 is 9.46 Å². The molecule has 0 radical (unpaired) electrons. The zero-order chi connectivity index (χ0) is 23.5. The number of carboxylic acids is 1. The molecule has 0 aliphatic rings. The lowest BCUT2D eigenvalue weighted by atomic mass is 9.86. The van der Waals surface area contributed by atoms with E-state index in [0.717, 1.165) is 5.56 Å². The fraction of sp³-hybridized carbons (Fsp3) is 0.273. The highest BCUT2D eigenvalue weighted by molar-refractivity contribution is 7.92. The summed E-state index contributed by atoms with van der Waals surface area (Å²) in [6.07, 6.45) is 3.27. The van der Waals surface area contributed by atoms with Crippen LogP contribution in [0.25, 0.3) is 11.3 Å². The van der Waals surface area contributed by atoms with E-state index in [1.807, 2.05) is 0 Å². The molecule has 3 aromatic rings. The highest BCUT2D eigenvalue weighted by atomic mass is 32.2. The van der Waals surface area contributed by atoms with E-state index in [9.17, 15) is 18.3 Å². The number of aromatic nitrogens is 3. The van der Waals surface area contributed by atoms with Gasteiger partial charge in [0.05, 0.1) is 30.1 Å². The normalized spacial score (nSPS) is 11.8. The second-order valence-corrected chi connectivity index (χ2v) is 9.54. The first kappa shape index (κ1) is 23.1. The Labute approximate surface area is 186 Å². The molecule has 2 heterocycles. The van der Waals surface area contributed by atoms with Gasteiger partial charge < -0.3 is 9.84 Å². The topological polar surface area (TPSA) is 131 Å². The van der Waals surface area contributed by atoms with Gasteiger partial charge in [-0.2, -0.15) is 0 Å². The number of nitrogens with zero attached hydrogens (tertiary/aromatic N) is 3. The lowest BCUT2D eigenvalue weighted by molar-refractivity contribution is -0.146. The number of ether oxygens (including phenoxy) is 1. The Morgan fingerprint density at radius 1 is 1.16 bits per heavy atom. The molecule has 0 spiro atoms. The van der Waals surface area contributed by atoms with Crippen LogP contribution in [0.15, 0.2) is 53.7 Å². The van der Waals surface area contributed by atoms with E-state index in [2.05, 4.69) is 19.7 Å². The molecule has 0 saturated heterocycles. The molecule has 0 aliphatic carbocycles. The molecule has 0 saturated carbocycles. The highest BCUT2D eigenvalue weighted by Crippen LogP contribution is 2.30. The molecule has 0 fully saturated rings. The van der Waals surface area contributed by atoms with E-state index in [-0.39, 0.29) is 22.3 Å². The van der Waals surface area contributed by atoms with Crippen LogP contribution in [-0.4, -0.2) is 41.6 Å². The molecule has 10 heteroatoms. The number of hydrogen-bond donors (Lipinski definition) is 2. The summed E-state index contributed by atoms with van der Waals surface area (Å²) >= 11 is 0. The van der Waals surface area contributed by atoms with Crippen molar-refractivity contribution in [2.45, 2.75) is 32.1 Å². The molecule has 1 aromatic carbocycles. The number of aliphatic carboxylic acids is 1. The van der Waals surface area contributed by atoms with Gasteiger partial charge >= 0.3 is 5.97 Å². The van der Waals surface area contributed by atoms with Crippen molar-refractivity contribution < 1.29 is 23.1 Å². The first-order valence-corrected chi connectivity index (χ1v) is 11.2. The Kier molecular flexibility index (Phi) is 6.45. The van der Waals surface area contributed by atoms with Crippen molar-refractivity contribution in [2.24, 2.45) is 5.41 Å². The number of nitrogens with one attached hydrogen (secondary N) is 1. The molecule has 0 aliphatic heterocycles. The summed E-state index contributed by atoms with van der Waals surface area (Å²) in [5, 5.41) is 9.33. The van der Waals surface area contributed by atoms with Crippen LogP contribution in [-0.2, 0) is 21.2 Å². The fourth-order valence-corrected chi connectivity index (χ4v) is 4.23. The molecular formula is C22H24N4O5S. The lowest BCUT2D eigenvalue weighted by Gasteiger charge is -2.19. The molecular weight excluding hydrogens is 432 g/mol. The van der Waals surface area contributed by atoms with Crippen LogP contribution in [0.4, 0.5) is 5.82 Å². The van der Waals surface area contributed by atoms with E-state index >= 15 is 0 Å². The van der Waals surface area contributed by atoms with Crippen LogP contribution >= 0.6 is 0 Å². The van der Waals surface area contributed by atoms with Gasteiger partial charge in [0.2, 0.25) is 5.82 Å². The van der Waals surface area contributed by atoms with Crippen LogP contribution in [0.1, 0.15) is 25.1 Å². The van der Waals surface area contributed by atoms with E-state index in [0.29, 0.717) is 17.7 Å². The number of rotatable bonds is 8. The van der Waals surface area contributed by atoms with Gasteiger partial charge in [0, 0.05) is 11.8 Å². The second kappa shape index (κ2) is 8.91. The maximum absolute atomic E-state index is 13.1. The van der Waals surface area contributed by atoms with Gasteiger partial charge in [0.1, 0.15) is 4.90 Å². The Morgan fingerprint density at radius 3 is 2.47 bits per heavy atom. The monoisotopic (exact) mass is 456 g/mol. The van der Waals surface area contributed by atoms with Gasteiger partial charge in [0.15, 0.2) is 0 Å². The van der Waals surface area contributed by atoms with Crippen molar-refractivity contribution in [1.82, 2.24) is 15.0 Å². The minimum atomic E-state index is -4.06. The van der Waals surface area contributed by atoms with Gasteiger partial charge in [0.25, 0.3) is 15.9 Å². The Hall–Kier alpha value is -3.53. The summed E-state index contributed by atoms with van der Waals surface area (Å²) in [6.45, 7) is 5.02. The minimum Gasteiger partial charge on any atom is -0.481 e. The summed E-state index contributed by atoms with van der Waals surface area (Å²) in [4.78, 5) is 23.8. The highest BCUT2D eigenvalue weighted by Gasteiger charge is 2.27. The third kappa shape index (κ3) is 5.02. The van der Waals surface area contributed by atoms with Gasteiger partial charge in [-0.3, -0.25) is 14.5 Å². The minimum absolute atomic E-state index is 0.0286. The average Bonchev–Trinajstić information content (AvgIpc) is 2.75. The number of anilines is 1. The van der Waals surface area contributed by atoms with Crippen molar-refractivity contribution >= 4 is 21.8 Å². The van der Waals surface area contributed by atoms with Crippen LogP contribution in [0, 0.1) is 12.3 Å². The third-order valence-corrected chi connectivity index (χ3v) is 6.17. The summed E-state index contributed by atoms with van der Waals surface area (Å²) in [6, 6.07) is 9.96. The molecule has 3 rings (SSSR count).